The number of carbonyl (C=O) groups is 2. The highest BCUT2D eigenvalue weighted by Crippen LogP contribution is 2.21. The molecule has 1 aromatic heterocycles. The van der Waals surface area contributed by atoms with Gasteiger partial charge in [0.25, 0.3) is 11.8 Å². The number of nitrogens with zero attached hydrogens (tertiary/aromatic N) is 3. The smallest absolute Gasteiger partial charge is 0.274 e. The highest BCUT2D eigenvalue weighted by Gasteiger charge is 2.27. The Hall–Kier alpha value is -2.60. The van der Waals surface area contributed by atoms with Crippen molar-refractivity contribution in [3.63, 3.8) is 0 Å². The van der Waals surface area contributed by atoms with Crippen LogP contribution in [-0.4, -0.2) is 59.4 Å². The van der Waals surface area contributed by atoms with Crippen LogP contribution >= 0.6 is 11.6 Å². The molecule has 6 nitrogen and oxygen atoms in total. The fourth-order valence-electron chi connectivity index (χ4n) is 2.94. The molecule has 1 fully saturated rings. The van der Waals surface area contributed by atoms with Gasteiger partial charge in [0, 0.05) is 37.8 Å². The average Bonchev–Trinajstić information content (AvgIpc) is 2.69. The van der Waals surface area contributed by atoms with E-state index >= 15 is 0 Å². The zero-order chi connectivity index (χ0) is 19.4. The molecule has 27 heavy (non-hydrogen) atoms. The van der Waals surface area contributed by atoms with Gasteiger partial charge in [0.1, 0.15) is 0 Å². The van der Waals surface area contributed by atoms with Gasteiger partial charge >= 0.3 is 0 Å². The second-order valence-corrected chi connectivity index (χ2v) is 6.77. The second-order valence-electron chi connectivity index (χ2n) is 6.36. The number of aryl methyl sites for hydroxylation is 1. The van der Waals surface area contributed by atoms with Crippen LogP contribution in [0.5, 0.6) is 5.88 Å². The number of amides is 2. The lowest BCUT2D eigenvalue weighted by Crippen LogP contribution is -2.50. The van der Waals surface area contributed by atoms with Crippen LogP contribution in [0.2, 0.25) is 5.02 Å². The maximum Gasteiger partial charge on any atom is 0.274 e. The number of hydrogen-bond donors (Lipinski definition) is 0. The molecule has 7 heteroatoms. The number of aromatic nitrogens is 1. The van der Waals surface area contributed by atoms with Gasteiger partial charge in [-0.05, 0) is 32.0 Å². The molecule has 2 aromatic rings. The topological polar surface area (TPSA) is 62.7 Å². The summed E-state index contributed by atoms with van der Waals surface area (Å²) in [5, 5.41) is 0.293. The third kappa shape index (κ3) is 4.39. The highest BCUT2D eigenvalue weighted by molar-refractivity contribution is 6.33. The van der Waals surface area contributed by atoms with Crippen LogP contribution in [0.25, 0.3) is 0 Å². The summed E-state index contributed by atoms with van der Waals surface area (Å²) < 4.78 is 5.35. The van der Waals surface area contributed by atoms with Gasteiger partial charge in [0.15, 0.2) is 5.69 Å². The quantitative estimate of drug-likeness (QED) is 0.808. The fourth-order valence-corrected chi connectivity index (χ4v) is 3.13. The number of halogens is 1. The lowest BCUT2D eigenvalue weighted by molar-refractivity contribution is 0.0532. The Morgan fingerprint density at radius 3 is 2.19 bits per heavy atom. The van der Waals surface area contributed by atoms with Gasteiger partial charge in [-0.1, -0.05) is 29.3 Å². The highest BCUT2D eigenvalue weighted by atomic mass is 35.5. The predicted molar refractivity (Wildman–Crippen MR) is 103 cm³/mol. The van der Waals surface area contributed by atoms with Gasteiger partial charge < -0.3 is 14.5 Å². The van der Waals surface area contributed by atoms with E-state index in [4.69, 9.17) is 16.3 Å². The van der Waals surface area contributed by atoms with Crippen LogP contribution in [0.15, 0.2) is 36.4 Å². The third-order valence-corrected chi connectivity index (χ3v) is 4.77. The van der Waals surface area contributed by atoms with E-state index < -0.39 is 0 Å². The van der Waals surface area contributed by atoms with E-state index in [1.807, 2.05) is 38.1 Å². The fraction of sp³-hybridized carbons (Fsp3) is 0.350. The summed E-state index contributed by atoms with van der Waals surface area (Å²) in [6, 6.07) is 10.8. The first-order valence-electron chi connectivity index (χ1n) is 8.94. The minimum atomic E-state index is -0.246. The van der Waals surface area contributed by atoms with Crippen molar-refractivity contribution >= 4 is 23.4 Å². The largest absolute Gasteiger partial charge is 0.478 e. The van der Waals surface area contributed by atoms with E-state index in [0.29, 0.717) is 49.3 Å². The maximum absolute atomic E-state index is 12.8. The average molecular weight is 388 g/mol. The molecule has 0 N–H and O–H groups in total. The van der Waals surface area contributed by atoms with Crippen LogP contribution < -0.4 is 4.74 Å². The van der Waals surface area contributed by atoms with E-state index in [-0.39, 0.29) is 17.5 Å². The molecule has 1 aliphatic rings. The number of carbonyl (C=O) groups excluding carboxylic acids is 2. The van der Waals surface area contributed by atoms with Gasteiger partial charge in [-0.25, -0.2) is 4.98 Å². The minimum absolute atomic E-state index is 0.0170. The van der Waals surface area contributed by atoms with E-state index in [1.165, 1.54) is 0 Å². The molecular formula is C20H22ClN3O3. The van der Waals surface area contributed by atoms with Crippen LogP contribution in [-0.2, 0) is 0 Å². The molecular weight excluding hydrogens is 366 g/mol. The first kappa shape index (κ1) is 19.2. The molecule has 0 aliphatic carbocycles. The number of hydrogen-bond acceptors (Lipinski definition) is 4. The Balaban J connectivity index is 1.65. The Bertz CT molecular complexity index is 831. The van der Waals surface area contributed by atoms with Crippen molar-refractivity contribution in [2.24, 2.45) is 0 Å². The summed E-state index contributed by atoms with van der Waals surface area (Å²) in [5.41, 5.74) is 1.95. The van der Waals surface area contributed by atoms with Crippen molar-refractivity contribution in [3.8, 4) is 5.88 Å². The summed E-state index contributed by atoms with van der Waals surface area (Å²) in [6.07, 6.45) is 0. The standard InChI is InChI=1S/C20H22ClN3O3/c1-3-27-17-9-8-16(21)18(22-17)20(26)24-12-10-23(11-13-24)19(25)15-6-4-14(2)5-7-15/h4-9H,3,10-13H2,1-2H3. The molecule has 1 saturated heterocycles. The Morgan fingerprint density at radius 1 is 1.00 bits per heavy atom. The normalized spacial score (nSPS) is 14.2. The van der Waals surface area contributed by atoms with Gasteiger partial charge in [-0.2, -0.15) is 0 Å². The Morgan fingerprint density at radius 2 is 1.59 bits per heavy atom. The molecule has 1 aromatic carbocycles. The molecule has 1 aliphatic heterocycles. The summed E-state index contributed by atoms with van der Waals surface area (Å²) >= 11 is 6.15. The lowest BCUT2D eigenvalue weighted by atomic mass is 10.1. The monoisotopic (exact) mass is 387 g/mol. The second kappa shape index (κ2) is 8.39. The summed E-state index contributed by atoms with van der Waals surface area (Å²) in [7, 11) is 0. The Kier molecular flexibility index (Phi) is 5.96. The molecule has 0 unspecified atom stereocenters. The summed E-state index contributed by atoms with van der Waals surface area (Å²) in [5.74, 6) is 0.110. The SMILES string of the molecule is CCOc1ccc(Cl)c(C(=O)N2CCN(C(=O)c3ccc(C)cc3)CC2)n1. The first-order chi connectivity index (χ1) is 13.0. The molecule has 0 bridgehead atoms. The van der Waals surface area contributed by atoms with Crippen LogP contribution in [0, 0.1) is 6.92 Å². The number of rotatable bonds is 4. The van der Waals surface area contributed by atoms with Crippen molar-refractivity contribution in [3.05, 3.63) is 58.2 Å². The van der Waals surface area contributed by atoms with E-state index in [0.717, 1.165) is 5.56 Å². The molecule has 0 radical (unpaired) electrons. The summed E-state index contributed by atoms with van der Waals surface area (Å²) in [6.45, 7) is 6.12. The van der Waals surface area contributed by atoms with Crippen LogP contribution in [0.1, 0.15) is 33.3 Å². The molecule has 0 spiro atoms. The zero-order valence-corrected chi connectivity index (χ0v) is 16.2. The molecule has 0 atom stereocenters. The van der Waals surface area contributed by atoms with Crippen LogP contribution in [0.4, 0.5) is 0 Å². The molecule has 0 saturated carbocycles. The Labute approximate surface area is 163 Å². The van der Waals surface area contributed by atoms with Crippen molar-refractivity contribution in [2.45, 2.75) is 13.8 Å². The van der Waals surface area contributed by atoms with Gasteiger partial charge in [0.2, 0.25) is 5.88 Å². The molecule has 2 heterocycles. The zero-order valence-electron chi connectivity index (χ0n) is 15.4. The number of piperazine rings is 1. The van der Waals surface area contributed by atoms with Crippen molar-refractivity contribution in [1.82, 2.24) is 14.8 Å². The first-order valence-corrected chi connectivity index (χ1v) is 9.32. The predicted octanol–water partition coefficient (Wildman–Crippen LogP) is 3.04. The molecule has 142 valence electrons. The lowest BCUT2D eigenvalue weighted by Gasteiger charge is -2.34. The van der Waals surface area contributed by atoms with Gasteiger partial charge in [-0.15, -0.1) is 0 Å². The summed E-state index contributed by atoms with van der Waals surface area (Å²) in [4.78, 5) is 33.0. The van der Waals surface area contributed by atoms with Crippen molar-refractivity contribution < 1.29 is 14.3 Å². The number of pyridine rings is 1. The third-order valence-electron chi connectivity index (χ3n) is 4.47. The number of ether oxygens (including phenoxy) is 1. The maximum atomic E-state index is 12.8. The molecule has 2 amide bonds. The van der Waals surface area contributed by atoms with Crippen molar-refractivity contribution in [2.75, 3.05) is 32.8 Å². The van der Waals surface area contributed by atoms with E-state index in [9.17, 15) is 9.59 Å². The van der Waals surface area contributed by atoms with E-state index in [2.05, 4.69) is 4.98 Å². The van der Waals surface area contributed by atoms with Gasteiger partial charge in [0.05, 0.1) is 11.6 Å². The van der Waals surface area contributed by atoms with E-state index in [1.54, 1.807) is 21.9 Å². The van der Waals surface area contributed by atoms with Gasteiger partial charge in [-0.3, -0.25) is 9.59 Å². The number of benzene rings is 1. The van der Waals surface area contributed by atoms with Crippen molar-refractivity contribution in [1.29, 1.82) is 0 Å². The van der Waals surface area contributed by atoms with Crippen LogP contribution in [0.3, 0.4) is 0 Å². The minimum Gasteiger partial charge on any atom is -0.478 e. The molecule has 3 rings (SSSR count).